The molecule has 3 rings (SSSR count). The number of aromatic nitrogens is 5. The Hall–Kier alpha value is -2.40. The van der Waals surface area contributed by atoms with Gasteiger partial charge in [-0.2, -0.15) is 20.0 Å². The van der Waals surface area contributed by atoms with Gasteiger partial charge in [-0.1, -0.05) is 0 Å². The van der Waals surface area contributed by atoms with Gasteiger partial charge in [0, 0.05) is 5.56 Å². The van der Waals surface area contributed by atoms with Crippen LogP contribution in [0.2, 0.25) is 0 Å². The number of H-pyrrole nitrogens is 1. The summed E-state index contributed by atoms with van der Waals surface area (Å²) in [5, 5.41) is 14.4. The predicted molar refractivity (Wildman–Crippen MR) is 107 cm³/mol. The molecule has 0 saturated carbocycles. The summed E-state index contributed by atoms with van der Waals surface area (Å²) >= 11 is 8.47. The Labute approximate surface area is 173 Å². The van der Waals surface area contributed by atoms with Crippen LogP contribution in [-0.2, 0) is 6.54 Å². The standard InChI is InChI=1S/C17H17BrF2N6OS/c1-9-14(18)10(2)25(24-9)8-12-6-11(4-5-13(12)27-3)7-21-26-16(15(19)20)22-23-17(26)28/h4-7,15H,8H2,1-3H3,(H,23,28)/b21-7-. The van der Waals surface area contributed by atoms with E-state index < -0.39 is 12.2 Å². The zero-order valence-corrected chi connectivity index (χ0v) is 17.7. The number of nitrogens with one attached hydrogen (secondary N) is 1. The fourth-order valence-electron chi connectivity index (χ4n) is 2.67. The molecule has 0 aliphatic carbocycles. The van der Waals surface area contributed by atoms with E-state index in [0.29, 0.717) is 17.9 Å². The van der Waals surface area contributed by atoms with Crippen LogP contribution in [0.25, 0.3) is 0 Å². The molecule has 0 spiro atoms. The number of halogens is 3. The van der Waals surface area contributed by atoms with E-state index in [0.717, 1.165) is 26.1 Å². The van der Waals surface area contributed by atoms with Crippen LogP contribution in [0.4, 0.5) is 8.78 Å². The first kappa shape index (κ1) is 20.3. The molecule has 0 aliphatic heterocycles. The minimum absolute atomic E-state index is 0.00669. The van der Waals surface area contributed by atoms with Crippen molar-refractivity contribution in [2.45, 2.75) is 26.8 Å². The maximum Gasteiger partial charge on any atom is 0.299 e. The molecule has 0 unspecified atom stereocenters. The van der Waals surface area contributed by atoms with Crippen LogP contribution in [0.15, 0.2) is 27.8 Å². The molecule has 2 heterocycles. The number of aryl methyl sites for hydroxylation is 1. The van der Waals surface area contributed by atoms with Crippen molar-refractivity contribution >= 4 is 34.4 Å². The van der Waals surface area contributed by atoms with Gasteiger partial charge in [-0.25, -0.2) is 13.9 Å². The normalized spacial score (nSPS) is 11.7. The Morgan fingerprint density at radius 1 is 1.39 bits per heavy atom. The van der Waals surface area contributed by atoms with Crippen LogP contribution in [0.5, 0.6) is 5.75 Å². The molecular formula is C17H17BrF2N6OS. The van der Waals surface area contributed by atoms with Crippen LogP contribution in [-0.4, -0.2) is 38.0 Å². The van der Waals surface area contributed by atoms with Crippen molar-refractivity contribution in [2.75, 3.05) is 7.11 Å². The second-order valence-corrected chi connectivity index (χ2v) is 7.14. The molecule has 0 radical (unpaired) electrons. The van der Waals surface area contributed by atoms with Gasteiger partial charge in [-0.05, 0) is 65.8 Å². The van der Waals surface area contributed by atoms with Crippen LogP contribution >= 0.6 is 28.1 Å². The van der Waals surface area contributed by atoms with Crippen molar-refractivity contribution in [2.24, 2.45) is 5.10 Å². The SMILES string of the molecule is COc1ccc(/C=N\n2c(C(F)F)n[nH]c2=S)cc1Cn1nc(C)c(Br)c1C. The summed E-state index contributed by atoms with van der Waals surface area (Å²) in [5.41, 5.74) is 3.45. The lowest BCUT2D eigenvalue weighted by atomic mass is 10.1. The van der Waals surface area contributed by atoms with E-state index in [1.165, 1.54) is 6.21 Å². The van der Waals surface area contributed by atoms with Crippen molar-refractivity contribution in [3.8, 4) is 5.75 Å². The van der Waals surface area contributed by atoms with Gasteiger partial charge in [0.15, 0.2) is 0 Å². The first-order valence-corrected chi connectivity index (χ1v) is 9.38. The van der Waals surface area contributed by atoms with Gasteiger partial charge in [0.25, 0.3) is 6.43 Å². The fourth-order valence-corrected chi connectivity index (χ4v) is 3.14. The Kier molecular flexibility index (Phi) is 6.04. The topological polar surface area (TPSA) is 73.0 Å². The summed E-state index contributed by atoms with van der Waals surface area (Å²) in [6.45, 7) is 4.37. The molecule has 0 atom stereocenters. The molecule has 3 aromatic rings. The van der Waals surface area contributed by atoms with E-state index in [1.807, 2.05) is 24.6 Å². The Morgan fingerprint density at radius 3 is 2.75 bits per heavy atom. The summed E-state index contributed by atoms with van der Waals surface area (Å²) < 4.78 is 35.1. The van der Waals surface area contributed by atoms with Crippen LogP contribution in [0.1, 0.15) is 34.8 Å². The van der Waals surface area contributed by atoms with Gasteiger partial charge in [0.1, 0.15) is 5.75 Å². The van der Waals surface area contributed by atoms with E-state index in [4.69, 9.17) is 17.0 Å². The summed E-state index contributed by atoms with van der Waals surface area (Å²) in [6, 6.07) is 5.42. The van der Waals surface area contributed by atoms with Gasteiger partial charge < -0.3 is 4.74 Å². The van der Waals surface area contributed by atoms with E-state index in [-0.39, 0.29) is 4.77 Å². The fraction of sp³-hybridized carbons (Fsp3) is 0.294. The predicted octanol–water partition coefficient (Wildman–Crippen LogP) is 4.39. The average Bonchev–Trinajstić information content (AvgIpc) is 3.15. The van der Waals surface area contributed by atoms with Gasteiger partial charge >= 0.3 is 0 Å². The Balaban J connectivity index is 1.94. The number of methoxy groups -OCH3 is 1. The molecule has 1 N–H and O–H groups in total. The van der Waals surface area contributed by atoms with E-state index in [1.54, 1.807) is 19.2 Å². The van der Waals surface area contributed by atoms with Gasteiger partial charge in [0.2, 0.25) is 10.6 Å². The second-order valence-electron chi connectivity index (χ2n) is 5.96. The molecule has 2 aromatic heterocycles. The first-order valence-electron chi connectivity index (χ1n) is 8.18. The number of rotatable bonds is 6. The molecule has 11 heteroatoms. The lowest BCUT2D eigenvalue weighted by Crippen LogP contribution is -2.06. The number of ether oxygens (including phenoxy) is 1. The van der Waals surface area contributed by atoms with Gasteiger partial charge in [-0.15, -0.1) is 0 Å². The monoisotopic (exact) mass is 470 g/mol. The second kappa shape index (κ2) is 8.31. The highest BCUT2D eigenvalue weighted by Crippen LogP contribution is 2.25. The van der Waals surface area contributed by atoms with Gasteiger partial charge in [-0.3, -0.25) is 4.68 Å². The zero-order chi connectivity index (χ0) is 20.4. The Morgan fingerprint density at radius 2 is 2.14 bits per heavy atom. The van der Waals surface area contributed by atoms with Crippen LogP contribution < -0.4 is 4.74 Å². The van der Waals surface area contributed by atoms with Crippen LogP contribution in [0.3, 0.4) is 0 Å². The van der Waals surface area contributed by atoms with E-state index in [2.05, 4.69) is 36.3 Å². The third-order valence-electron chi connectivity index (χ3n) is 4.11. The molecule has 0 fully saturated rings. The number of alkyl halides is 2. The number of benzene rings is 1. The molecule has 0 saturated heterocycles. The van der Waals surface area contributed by atoms with Crippen molar-refractivity contribution in [3.05, 3.63) is 55.8 Å². The minimum atomic E-state index is -2.79. The molecule has 1 aromatic carbocycles. The Bertz CT molecular complexity index is 1090. The number of nitrogens with zero attached hydrogens (tertiary/aromatic N) is 5. The molecule has 0 aliphatic rings. The summed E-state index contributed by atoms with van der Waals surface area (Å²) in [5.74, 6) is 0.150. The number of hydrogen-bond acceptors (Lipinski definition) is 5. The maximum atomic E-state index is 13.0. The van der Waals surface area contributed by atoms with Crippen molar-refractivity contribution in [3.63, 3.8) is 0 Å². The largest absolute Gasteiger partial charge is 0.496 e. The summed E-state index contributed by atoms with van der Waals surface area (Å²) in [7, 11) is 1.59. The smallest absolute Gasteiger partial charge is 0.299 e. The first-order chi connectivity index (χ1) is 13.3. The summed E-state index contributed by atoms with van der Waals surface area (Å²) in [6.07, 6.45) is -1.35. The third kappa shape index (κ3) is 4.04. The highest BCUT2D eigenvalue weighted by Gasteiger charge is 2.16. The molecule has 0 amide bonds. The van der Waals surface area contributed by atoms with Crippen molar-refractivity contribution in [1.29, 1.82) is 0 Å². The van der Waals surface area contributed by atoms with Crippen molar-refractivity contribution in [1.82, 2.24) is 24.7 Å². The molecular weight excluding hydrogens is 454 g/mol. The van der Waals surface area contributed by atoms with E-state index in [9.17, 15) is 8.78 Å². The maximum absolute atomic E-state index is 13.0. The van der Waals surface area contributed by atoms with Crippen molar-refractivity contribution < 1.29 is 13.5 Å². The highest BCUT2D eigenvalue weighted by molar-refractivity contribution is 9.10. The zero-order valence-electron chi connectivity index (χ0n) is 15.3. The average molecular weight is 471 g/mol. The summed E-state index contributed by atoms with van der Waals surface area (Å²) in [4.78, 5) is 0. The molecule has 28 heavy (non-hydrogen) atoms. The quantitative estimate of drug-likeness (QED) is 0.428. The molecule has 0 bridgehead atoms. The number of hydrogen-bond donors (Lipinski definition) is 1. The van der Waals surface area contributed by atoms with E-state index >= 15 is 0 Å². The lowest BCUT2D eigenvalue weighted by Gasteiger charge is -2.11. The minimum Gasteiger partial charge on any atom is -0.496 e. The molecule has 148 valence electrons. The lowest BCUT2D eigenvalue weighted by molar-refractivity contribution is 0.136. The highest BCUT2D eigenvalue weighted by atomic mass is 79.9. The number of aromatic amines is 1. The van der Waals surface area contributed by atoms with Gasteiger partial charge in [0.05, 0.1) is 35.7 Å². The third-order valence-corrected chi connectivity index (χ3v) is 5.52. The van der Waals surface area contributed by atoms with Crippen LogP contribution in [0, 0.1) is 18.6 Å². The molecule has 7 nitrogen and oxygen atoms in total.